The van der Waals surface area contributed by atoms with Crippen LogP contribution in [0.3, 0.4) is 0 Å². The maximum absolute atomic E-state index is 5.77. The number of hydrogen-bond acceptors (Lipinski definition) is 6. The Labute approximate surface area is 120 Å². The molecule has 0 saturated heterocycles. The van der Waals surface area contributed by atoms with Crippen LogP contribution >= 0.6 is 0 Å². The zero-order valence-electron chi connectivity index (χ0n) is 11.2. The Bertz CT molecular complexity index is 820. The van der Waals surface area contributed by atoms with Crippen LogP contribution in [0.25, 0.3) is 11.1 Å². The molecule has 0 radical (unpaired) electrons. The topological polar surface area (TPSA) is 70.3 Å². The lowest BCUT2D eigenvalue weighted by Crippen LogP contribution is -1.94. The summed E-state index contributed by atoms with van der Waals surface area (Å²) in [7, 11) is 0. The maximum Gasteiger partial charge on any atom is 0.264 e. The molecule has 0 bridgehead atoms. The SMILES string of the molecule is C#CCOc1cccc(Oc2ncnc3onc(C)c23)c1. The van der Waals surface area contributed by atoms with Crippen LogP contribution in [-0.2, 0) is 0 Å². The van der Waals surface area contributed by atoms with Crippen molar-refractivity contribution in [3.05, 3.63) is 36.3 Å². The first-order valence-corrected chi connectivity index (χ1v) is 6.19. The van der Waals surface area contributed by atoms with Crippen LogP contribution in [-0.4, -0.2) is 21.7 Å². The highest BCUT2D eigenvalue weighted by Gasteiger charge is 2.14. The number of ether oxygens (including phenoxy) is 2. The predicted octanol–water partition coefficient (Wildman–Crippen LogP) is 2.73. The highest BCUT2D eigenvalue weighted by atomic mass is 16.5. The van der Waals surface area contributed by atoms with Gasteiger partial charge >= 0.3 is 0 Å². The van der Waals surface area contributed by atoms with Crippen molar-refractivity contribution in [2.75, 3.05) is 6.61 Å². The van der Waals surface area contributed by atoms with E-state index in [1.54, 1.807) is 31.2 Å². The van der Waals surface area contributed by atoms with Gasteiger partial charge < -0.3 is 14.0 Å². The summed E-state index contributed by atoms with van der Waals surface area (Å²) in [5, 5.41) is 4.50. The average Bonchev–Trinajstić information content (AvgIpc) is 2.88. The number of aromatic nitrogens is 3. The lowest BCUT2D eigenvalue weighted by molar-refractivity contribution is 0.367. The van der Waals surface area contributed by atoms with Crippen molar-refractivity contribution in [2.24, 2.45) is 0 Å². The van der Waals surface area contributed by atoms with Gasteiger partial charge in [-0.25, -0.2) is 4.98 Å². The minimum Gasteiger partial charge on any atom is -0.481 e. The molecule has 0 saturated carbocycles. The van der Waals surface area contributed by atoms with Gasteiger partial charge in [0.1, 0.15) is 29.8 Å². The van der Waals surface area contributed by atoms with Gasteiger partial charge in [-0.1, -0.05) is 17.1 Å². The van der Waals surface area contributed by atoms with E-state index in [-0.39, 0.29) is 6.61 Å². The summed E-state index contributed by atoms with van der Waals surface area (Å²) < 4.78 is 16.2. The van der Waals surface area contributed by atoms with Crippen LogP contribution in [0.1, 0.15) is 5.69 Å². The van der Waals surface area contributed by atoms with Crippen LogP contribution in [0.2, 0.25) is 0 Å². The van der Waals surface area contributed by atoms with Gasteiger partial charge in [0.2, 0.25) is 5.88 Å². The van der Waals surface area contributed by atoms with Crippen LogP contribution in [0, 0.1) is 19.3 Å². The molecule has 0 spiro atoms. The van der Waals surface area contributed by atoms with Crippen molar-refractivity contribution < 1.29 is 14.0 Å². The minimum atomic E-state index is 0.200. The Morgan fingerprint density at radius 2 is 2.14 bits per heavy atom. The predicted molar refractivity (Wildman–Crippen MR) is 75.2 cm³/mol. The van der Waals surface area contributed by atoms with E-state index in [0.29, 0.717) is 34.2 Å². The van der Waals surface area contributed by atoms with Crippen molar-refractivity contribution in [2.45, 2.75) is 6.92 Å². The van der Waals surface area contributed by atoms with E-state index in [1.165, 1.54) is 6.33 Å². The normalized spacial score (nSPS) is 10.3. The zero-order valence-corrected chi connectivity index (χ0v) is 11.2. The number of benzene rings is 1. The van der Waals surface area contributed by atoms with E-state index in [4.69, 9.17) is 20.4 Å². The molecule has 0 amide bonds. The summed E-state index contributed by atoms with van der Waals surface area (Å²) in [6, 6.07) is 7.12. The van der Waals surface area contributed by atoms with Crippen LogP contribution in [0.4, 0.5) is 0 Å². The third-order valence-electron chi connectivity index (χ3n) is 2.75. The first-order valence-electron chi connectivity index (χ1n) is 6.19. The molecule has 2 heterocycles. The van der Waals surface area contributed by atoms with Crippen molar-refractivity contribution in [3.63, 3.8) is 0 Å². The fourth-order valence-corrected chi connectivity index (χ4v) is 1.83. The summed E-state index contributed by atoms with van der Waals surface area (Å²) in [5.41, 5.74) is 1.05. The first-order chi connectivity index (χ1) is 10.3. The van der Waals surface area contributed by atoms with E-state index >= 15 is 0 Å². The van der Waals surface area contributed by atoms with E-state index in [1.807, 2.05) is 0 Å². The molecule has 0 N–H and O–H groups in total. The second kappa shape index (κ2) is 5.51. The van der Waals surface area contributed by atoms with Gasteiger partial charge in [0.05, 0.1) is 5.69 Å². The molecule has 1 aromatic carbocycles. The van der Waals surface area contributed by atoms with Gasteiger partial charge in [-0.3, -0.25) is 0 Å². The minimum absolute atomic E-state index is 0.200. The van der Waals surface area contributed by atoms with Crippen molar-refractivity contribution in [1.82, 2.24) is 15.1 Å². The maximum atomic E-state index is 5.77. The zero-order chi connectivity index (χ0) is 14.7. The number of nitrogens with zero attached hydrogens (tertiary/aromatic N) is 3. The van der Waals surface area contributed by atoms with Gasteiger partial charge in [0.25, 0.3) is 5.71 Å². The van der Waals surface area contributed by atoms with Crippen LogP contribution in [0.15, 0.2) is 35.1 Å². The first kappa shape index (κ1) is 12.9. The molecular formula is C15H11N3O3. The van der Waals surface area contributed by atoms with Gasteiger partial charge in [0, 0.05) is 6.07 Å². The molecule has 0 aliphatic carbocycles. The molecular weight excluding hydrogens is 270 g/mol. The monoisotopic (exact) mass is 281 g/mol. The number of terminal acetylenes is 1. The standard InChI is InChI=1S/C15H11N3O3/c1-3-7-19-11-5-4-6-12(8-11)20-14-13-10(2)18-21-15(13)17-9-16-14/h1,4-6,8-9H,7H2,2H3. The number of fused-ring (bicyclic) bond motifs is 1. The number of hydrogen-bond donors (Lipinski definition) is 0. The van der Waals surface area contributed by atoms with Crippen molar-refractivity contribution in [1.29, 1.82) is 0 Å². The molecule has 0 aliphatic rings. The average molecular weight is 281 g/mol. The van der Waals surface area contributed by atoms with Gasteiger partial charge in [0.15, 0.2) is 0 Å². The molecule has 3 rings (SSSR count). The van der Waals surface area contributed by atoms with Crippen molar-refractivity contribution in [3.8, 4) is 29.7 Å². The quantitative estimate of drug-likeness (QED) is 0.685. The van der Waals surface area contributed by atoms with E-state index in [2.05, 4.69) is 21.0 Å². The highest BCUT2D eigenvalue weighted by Crippen LogP contribution is 2.30. The molecule has 0 unspecified atom stereocenters. The lowest BCUT2D eigenvalue weighted by Gasteiger charge is -2.07. The van der Waals surface area contributed by atoms with Gasteiger partial charge in [-0.2, -0.15) is 4.98 Å². The second-order valence-corrected chi connectivity index (χ2v) is 4.20. The smallest absolute Gasteiger partial charge is 0.264 e. The largest absolute Gasteiger partial charge is 0.481 e. The Morgan fingerprint density at radius 3 is 3.00 bits per heavy atom. The fraction of sp³-hybridized carbons (Fsp3) is 0.133. The number of aryl methyl sites for hydroxylation is 1. The fourth-order valence-electron chi connectivity index (χ4n) is 1.83. The van der Waals surface area contributed by atoms with E-state index in [9.17, 15) is 0 Å². The second-order valence-electron chi connectivity index (χ2n) is 4.20. The summed E-state index contributed by atoms with van der Waals surface area (Å²) in [5.74, 6) is 3.99. The van der Waals surface area contributed by atoms with Gasteiger partial charge in [-0.15, -0.1) is 6.42 Å². The third-order valence-corrected chi connectivity index (χ3v) is 2.75. The Morgan fingerprint density at radius 1 is 1.29 bits per heavy atom. The molecule has 2 aromatic heterocycles. The third kappa shape index (κ3) is 2.62. The van der Waals surface area contributed by atoms with Crippen molar-refractivity contribution >= 4 is 11.1 Å². The highest BCUT2D eigenvalue weighted by molar-refractivity contribution is 5.81. The lowest BCUT2D eigenvalue weighted by atomic mass is 10.3. The summed E-state index contributed by atoms with van der Waals surface area (Å²) in [4.78, 5) is 8.12. The Kier molecular flexibility index (Phi) is 3.39. The molecule has 6 heteroatoms. The molecule has 104 valence electrons. The molecule has 21 heavy (non-hydrogen) atoms. The van der Waals surface area contributed by atoms with E-state index in [0.717, 1.165) is 0 Å². The molecule has 3 aromatic rings. The molecule has 0 aliphatic heterocycles. The summed E-state index contributed by atoms with van der Waals surface area (Å²) in [6.07, 6.45) is 6.53. The van der Waals surface area contributed by atoms with Gasteiger partial charge in [-0.05, 0) is 19.1 Å². The number of rotatable bonds is 4. The summed E-state index contributed by atoms with van der Waals surface area (Å²) >= 11 is 0. The van der Waals surface area contributed by atoms with E-state index < -0.39 is 0 Å². The van der Waals surface area contributed by atoms with Crippen LogP contribution in [0.5, 0.6) is 17.4 Å². The summed E-state index contributed by atoms with van der Waals surface area (Å²) in [6.45, 7) is 2.00. The Balaban J connectivity index is 1.92. The molecule has 0 fully saturated rings. The molecule has 6 nitrogen and oxygen atoms in total. The Hall–Kier alpha value is -3.07. The molecule has 0 atom stereocenters. The van der Waals surface area contributed by atoms with Crippen LogP contribution < -0.4 is 9.47 Å².